The second kappa shape index (κ2) is 8.64. The minimum atomic E-state index is -0.177. The first-order valence-corrected chi connectivity index (χ1v) is 10.9. The van der Waals surface area contributed by atoms with Gasteiger partial charge in [-0.1, -0.05) is 30.0 Å². The third kappa shape index (κ3) is 4.10. The highest BCUT2D eigenvalue weighted by atomic mass is 32.2. The van der Waals surface area contributed by atoms with E-state index in [0.717, 1.165) is 37.9 Å². The number of aryl methyl sites for hydroxylation is 1. The molecule has 0 fully saturated rings. The van der Waals surface area contributed by atoms with Gasteiger partial charge in [-0.3, -0.25) is 9.78 Å². The number of hydrogen-bond acceptors (Lipinski definition) is 5. The van der Waals surface area contributed by atoms with Crippen LogP contribution in [0.1, 0.15) is 10.4 Å². The van der Waals surface area contributed by atoms with Crippen molar-refractivity contribution in [2.24, 2.45) is 7.05 Å². The molecule has 32 heavy (non-hydrogen) atoms. The van der Waals surface area contributed by atoms with Gasteiger partial charge in [0.05, 0.1) is 16.8 Å². The number of nitrogens with zero attached hydrogens (tertiary/aromatic N) is 4. The van der Waals surface area contributed by atoms with Gasteiger partial charge in [0.2, 0.25) is 0 Å². The van der Waals surface area contributed by atoms with E-state index < -0.39 is 0 Å². The summed E-state index contributed by atoms with van der Waals surface area (Å²) in [4.78, 5) is 27.4. The van der Waals surface area contributed by atoms with Gasteiger partial charge in [-0.2, -0.15) is 0 Å². The molecular weight excluding hydrogens is 418 g/mol. The highest BCUT2D eigenvalue weighted by molar-refractivity contribution is 7.99. The molecule has 7 heteroatoms. The van der Waals surface area contributed by atoms with Crippen LogP contribution in [0.3, 0.4) is 0 Å². The van der Waals surface area contributed by atoms with Crippen LogP contribution in [0, 0.1) is 0 Å². The molecule has 0 spiro atoms. The van der Waals surface area contributed by atoms with E-state index in [4.69, 9.17) is 4.98 Å². The standard InChI is InChI=1S/C25H19N5OS/c1-30-15-14-27-25(30)32-19-8-6-18(7-9-19)28-24(31)21-16-23(17-10-12-26-13-11-17)29-22-5-3-2-4-20(21)22/h2-16H,1H3,(H,28,31). The van der Waals surface area contributed by atoms with Gasteiger partial charge in [0.1, 0.15) is 0 Å². The number of fused-ring (bicyclic) bond motifs is 1. The van der Waals surface area contributed by atoms with Crippen molar-refractivity contribution in [3.8, 4) is 11.3 Å². The first kappa shape index (κ1) is 20.0. The van der Waals surface area contributed by atoms with E-state index in [1.165, 1.54) is 0 Å². The van der Waals surface area contributed by atoms with Gasteiger partial charge in [-0.05, 0) is 48.5 Å². The van der Waals surface area contributed by atoms with E-state index in [-0.39, 0.29) is 5.91 Å². The molecule has 0 atom stereocenters. The van der Waals surface area contributed by atoms with Crippen LogP contribution < -0.4 is 5.32 Å². The fourth-order valence-electron chi connectivity index (χ4n) is 3.39. The Morgan fingerprint density at radius 3 is 2.50 bits per heavy atom. The van der Waals surface area contributed by atoms with Gasteiger partial charge in [0.15, 0.2) is 5.16 Å². The molecule has 3 heterocycles. The second-order valence-corrected chi connectivity index (χ2v) is 8.25. The summed E-state index contributed by atoms with van der Waals surface area (Å²) in [7, 11) is 1.96. The zero-order valence-electron chi connectivity index (χ0n) is 17.3. The van der Waals surface area contributed by atoms with Crippen LogP contribution in [0.4, 0.5) is 5.69 Å². The summed E-state index contributed by atoms with van der Waals surface area (Å²) in [5.74, 6) is -0.177. The first-order chi connectivity index (χ1) is 15.7. The van der Waals surface area contributed by atoms with E-state index in [0.29, 0.717) is 5.56 Å². The summed E-state index contributed by atoms with van der Waals surface area (Å²) >= 11 is 1.57. The minimum Gasteiger partial charge on any atom is -0.329 e. The van der Waals surface area contributed by atoms with Gasteiger partial charge in [0, 0.05) is 53.4 Å². The molecule has 156 valence electrons. The molecule has 0 aliphatic heterocycles. The van der Waals surface area contributed by atoms with Crippen molar-refractivity contribution in [2.75, 3.05) is 5.32 Å². The zero-order chi connectivity index (χ0) is 21.9. The lowest BCUT2D eigenvalue weighted by Crippen LogP contribution is -2.13. The number of benzene rings is 2. The molecule has 1 N–H and O–H groups in total. The number of amides is 1. The molecule has 0 aliphatic rings. The maximum absolute atomic E-state index is 13.2. The molecule has 6 nitrogen and oxygen atoms in total. The van der Waals surface area contributed by atoms with Crippen LogP contribution in [-0.4, -0.2) is 25.4 Å². The number of imidazole rings is 1. The second-order valence-electron chi connectivity index (χ2n) is 7.21. The molecule has 0 bridgehead atoms. The van der Waals surface area contributed by atoms with Crippen molar-refractivity contribution < 1.29 is 4.79 Å². The summed E-state index contributed by atoms with van der Waals surface area (Å²) < 4.78 is 1.97. The van der Waals surface area contributed by atoms with E-state index >= 15 is 0 Å². The Labute approximate surface area is 189 Å². The van der Waals surface area contributed by atoms with E-state index in [9.17, 15) is 4.79 Å². The van der Waals surface area contributed by atoms with Gasteiger partial charge < -0.3 is 9.88 Å². The van der Waals surface area contributed by atoms with E-state index in [2.05, 4.69) is 15.3 Å². The Balaban J connectivity index is 1.43. The number of para-hydroxylation sites is 1. The molecule has 0 aliphatic carbocycles. The van der Waals surface area contributed by atoms with Crippen LogP contribution in [0.2, 0.25) is 0 Å². The highest BCUT2D eigenvalue weighted by Crippen LogP contribution is 2.28. The first-order valence-electron chi connectivity index (χ1n) is 10.0. The van der Waals surface area contributed by atoms with Crippen molar-refractivity contribution in [1.82, 2.24) is 19.5 Å². The van der Waals surface area contributed by atoms with Crippen LogP contribution in [0.15, 0.2) is 102 Å². The third-order valence-electron chi connectivity index (χ3n) is 5.04. The van der Waals surface area contributed by atoms with Gasteiger partial charge in [-0.15, -0.1) is 0 Å². The molecule has 1 amide bonds. The van der Waals surface area contributed by atoms with Crippen LogP contribution in [0.5, 0.6) is 0 Å². The topological polar surface area (TPSA) is 72.7 Å². The molecule has 0 saturated carbocycles. The number of nitrogens with one attached hydrogen (secondary N) is 1. The fraction of sp³-hybridized carbons (Fsp3) is 0.0400. The highest BCUT2D eigenvalue weighted by Gasteiger charge is 2.14. The number of anilines is 1. The van der Waals surface area contributed by atoms with Crippen molar-refractivity contribution in [3.05, 3.63) is 97.1 Å². The van der Waals surface area contributed by atoms with E-state index in [1.54, 1.807) is 30.4 Å². The van der Waals surface area contributed by atoms with Crippen molar-refractivity contribution >= 4 is 34.3 Å². The molecular formula is C25H19N5OS. The fourth-order valence-corrected chi connectivity index (χ4v) is 4.20. The molecule has 3 aromatic heterocycles. The Morgan fingerprint density at radius 2 is 1.75 bits per heavy atom. The zero-order valence-corrected chi connectivity index (χ0v) is 18.1. The Bertz CT molecular complexity index is 1400. The number of hydrogen-bond donors (Lipinski definition) is 1. The number of pyridine rings is 2. The molecule has 5 rings (SSSR count). The number of rotatable bonds is 5. The Morgan fingerprint density at radius 1 is 0.969 bits per heavy atom. The lowest BCUT2D eigenvalue weighted by Gasteiger charge is -2.11. The largest absolute Gasteiger partial charge is 0.329 e. The van der Waals surface area contributed by atoms with Crippen molar-refractivity contribution in [2.45, 2.75) is 10.1 Å². The average molecular weight is 438 g/mol. The van der Waals surface area contributed by atoms with Gasteiger partial charge in [-0.25, -0.2) is 9.97 Å². The molecule has 0 saturated heterocycles. The maximum atomic E-state index is 13.2. The third-order valence-corrected chi connectivity index (χ3v) is 6.12. The summed E-state index contributed by atoms with van der Waals surface area (Å²) in [6.07, 6.45) is 7.12. The van der Waals surface area contributed by atoms with Crippen LogP contribution in [0.25, 0.3) is 22.2 Å². The predicted octanol–water partition coefficient (Wildman–Crippen LogP) is 5.43. The van der Waals surface area contributed by atoms with Crippen LogP contribution in [-0.2, 0) is 7.05 Å². The summed E-state index contributed by atoms with van der Waals surface area (Å²) in [6.45, 7) is 0. The SMILES string of the molecule is Cn1ccnc1Sc1ccc(NC(=O)c2cc(-c3ccncc3)nc3ccccc23)cc1. The summed E-state index contributed by atoms with van der Waals surface area (Å²) in [6, 6.07) is 21.0. The average Bonchev–Trinajstić information content (AvgIpc) is 3.24. The lowest BCUT2D eigenvalue weighted by atomic mass is 10.0. The molecule has 5 aromatic rings. The normalized spacial score (nSPS) is 10.9. The van der Waals surface area contributed by atoms with Crippen LogP contribution >= 0.6 is 11.8 Å². The minimum absolute atomic E-state index is 0.177. The van der Waals surface area contributed by atoms with E-state index in [1.807, 2.05) is 84.5 Å². The molecule has 2 aromatic carbocycles. The number of aromatic nitrogens is 4. The summed E-state index contributed by atoms with van der Waals surface area (Å²) in [5, 5.41) is 4.74. The van der Waals surface area contributed by atoms with Crippen molar-refractivity contribution in [1.29, 1.82) is 0 Å². The quantitative estimate of drug-likeness (QED) is 0.397. The Kier molecular flexibility index (Phi) is 5.39. The summed E-state index contributed by atoms with van der Waals surface area (Å²) in [5.41, 5.74) is 3.72. The molecule has 0 unspecified atom stereocenters. The maximum Gasteiger partial charge on any atom is 0.256 e. The number of carbonyl (C=O) groups is 1. The lowest BCUT2D eigenvalue weighted by molar-refractivity contribution is 0.102. The monoisotopic (exact) mass is 437 g/mol. The van der Waals surface area contributed by atoms with Gasteiger partial charge in [0.25, 0.3) is 5.91 Å². The van der Waals surface area contributed by atoms with Crippen molar-refractivity contribution in [3.63, 3.8) is 0 Å². The smallest absolute Gasteiger partial charge is 0.256 e. The number of carbonyl (C=O) groups excluding carboxylic acids is 1. The van der Waals surface area contributed by atoms with Gasteiger partial charge >= 0.3 is 0 Å². The Hall–Kier alpha value is -3.97. The molecule has 0 radical (unpaired) electrons. The predicted molar refractivity (Wildman–Crippen MR) is 127 cm³/mol.